The Morgan fingerprint density at radius 1 is 1.41 bits per heavy atom. The van der Waals surface area contributed by atoms with E-state index in [0.717, 1.165) is 13.0 Å². The maximum atomic E-state index is 11.1. The molecule has 17 heavy (non-hydrogen) atoms. The van der Waals surface area contributed by atoms with E-state index in [0.29, 0.717) is 6.42 Å². The smallest absolute Gasteiger partial charge is 0.219 e. The summed E-state index contributed by atoms with van der Waals surface area (Å²) >= 11 is 0. The zero-order valence-corrected chi connectivity index (χ0v) is 10.9. The highest BCUT2D eigenvalue weighted by molar-refractivity contribution is 5.74. The zero-order chi connectivity index (χ0) is 12.8. The number of carbonyl (C=O) groups is 1. The van der Waals surface area contributed by atoms with E-state index in [4.69, 9.17) is 5.73 Å². The molecular formula is C14H22N2O. The summed E-state index contributed by atoms with van der Waals surface area (Å²) in [5.74, 6) is -0.265. The molecule has 0 saturated carbocycles. The predicted octanol–water partition coefficient (Wildman–Crippen LogP) is 2.22. The molecule has 1 unspecified atom stereocenters. The molecule has 0 aliphatic heterocycles. The first-order valence-electron chi connectivity index (χ1n) is 6.13. The maximum Gasteiger partial charge on any atom is 0.219 e. The Hall–Kier alpha value is -1.35. The van der Waals surface area contributed by atoms with E-state index >= 15 is 0 Å². The van der Waals surface area contributed by atoms with Crippen LogP contribution in [0.25, 0.3) is 0 Å². The van der Waals surface area contributed by atoms with E-state index in [1.165, 1.54) is 16.7 Å². The second-order valence-corrected chi connectivity index (χ2v) is 4.54. The molecule has 1 amide bonds. The fourth-order valence-corrected chi connectivity index (χ4v) is 2.03. The van der Waals surface area contributed by atoms with E-state index in [2.05, 4.69) is 44.3 Å². The lowest BCUT2D eigenvalue weighted by molar-refractivity contribution is -0.118. The molecule has 1 aromatic rings. The minimum Gasteiger partial charge on any atom is -0.370 e. The second-order valence-electron chi connectivity index (χ2n) is 4.54. The van der Waals surface area contributed by atoms with E-state index in [1.54, 1.807) is 0 Å². The Balaban J connectivity index is 2.90. The molecule has 0 aliphatic rings. The number of benzene rings is 1. The van der Waals surface area contributed by atoms with Crippen LogP contribution in [0.5, 0.6) is 0 Å². The van der Waals surface area contributed by atoms with Crippen LogP contribution in [0, 0.1) is 13.8 Å². The van der Waals surface area contributed by atoms with Gasteiger partial charge in [0, 0.05) is 12.5 Å². The van der Waals surface area contributed by atoms with Crippen LogP contribution in [0.4, 0.5) is 0 Å². The summed E-state index contributed by atoms with van der Waals surface area (Å²) in [6.45, 7) is 7.14. The molecular weight excluding hydrogens is 212 g/mol. The van der Waals surface area contributed by atoms with Gasteiger partial charge in [-0.05, 0) is 37.9 Å². The van der Waals surface area contributed by atoms with Gasteiger partial charge in [-0.25, -0.2) is 0 Å². The highest BCUT2D eigenvalue weighted by Crippen LogP contribution is 2.21. The second kappa shape index (κ2) is 6.40. The first-order chi connectivity index (χ1) is 8.04. The van der Waals surface area contributed by atoms with E-state index in [-0.39, 0.29) is 11.9 Å². The molecule has 1 rings (SSSR count). The van der Waals surface area contributed by atoms with Crippen LogP contribution in [0.1, 0.15) is 42.5 Å². The third-order valence-electron chi connectivity index (χ3n) is 2.85. The predicted molar refractivity (Wildman–Crippen MR) is 70.8 cm³/mol. The van der Waals surface area contributed by atoms with Gasteiger partial charge >= 0.3 is 0 Å². The number of rotatable bonds is 6. The highest BCUT2D eigenvalue weighted by Gasteiger charge is 2.15. The third kappa shape index (κ3) is 4.19. The van der Waals surface area contributed by atoms with Crippen molar-refractivity contribution in [2.45, 2.75) is 39.7 Å². The van der Waals surface area contributed by atoms with Gasteiger partial charge in [-0.3, -0.25) is 4.79 Å². The van der Waals surface area contributed by atoms with Gasteiger partial charge in [-0.2, -0.15) is 0 Å². The number of nitrogens with two attached hydrogens (primary N) is 1. The fraction of sp³-hybridized carbons (Fsp3) is 0.500. The summed E-state index contributed by atoms with van der Waals surface area (Å²) in [5.41, 5.74) is 8.92. The van der Waals surface area contributed by atoms with Crippen LogP contribution in [0.3, 0.4) is 0 Å². The molecule has 94 valence electrons. The van der Waals surface area contributed by atoms with E-state index in [9.17, 15) is 4.79 Å². The molecule has 0 radical (unpaired) electrons. The van der Waals surface area contributed by atoms with Gasteiger partial charge in [-0.15, -0.1) is 0 Å². The number of amides is 1. The van der Waals surface area contributed by atoms with E-state index in [1.807, 2.05) is 0 Å². The molecule has 3 N–H and O–H groups in total. The summed E-state index contributed by atoms with van der Waals surface area (Å²) in [6.07, 6.45) is 1.39. The van der Waals surface area contributed by atoms with Crippen molar-refractivity contribution in [3.63, 3.8) is 0 Å². The molecule has 0 heterocycles. The first-order valence-corrected chi connectivity index (χ1v) is 6.13. The largest absolute Gasteiger partial charge is 0.370 e. The van der Waals surface area contributed by atoms with Gasteiger partial charge in [0.05, 0.1) is 0 Å². The number of hydrogen-bond donors (Lipinski definition) is 2. The molecule has 0 aromatic heterocycles. The van der Waals surface area contributed by atoms with Crippen molar-refractivity contribution in [2.24, 2.45) is 5.73 Å². The van der Waals surface area contributed by atoms with Gasteiger partial charge in [0.2, 0.25) is 5.91 Å². The van der Waals surface area contributed by atoms with E-state index < -0.39 is 0 Å². The first kappa shape index (κ1) is 13.7. The minimum absolute atomic E-state index is 0.0352. The molecule has 0 saturated heterocycles. The number of hydrogen-bond acceptors (Lipinski definition) is 2. The number of primary amides is 1. The van der Waals surface area contributed by atoms with Crippen LogP contribution in [0.2, 0.25) is 0 Å². The summed E-state index contributed by atoms with van der Waals surface area (Å²) < 4.78 is 0. The Bertz CT molecular complexity index is 388. The topological polar surface area (TPSA) is 55.1 Å². The lowest BCUT2D eigenvalue weighted by Gasteiger charge is -2.20. The Morgan fingerprint density at radius 3 is 2.65 bits per heavy atom. The molecule has 0 fully saturated rings. The van der Waals surface area contributed by atoms with Gasteiger partial charge in [0.15, 0.2) is 0 Å². The summed E-state index contributed by atoms with van der Waals surface area (Å²) in [6, 6.07) is 6.33. The molecule has 0 spiro atoms. The van der Waals surface area contributed by atoms with Crippen LogP contribution < -0.4 is 11.1 Å². The molecule has 1 aromatic carbocycles. The molecule has 3 nitrogen and oxygen atoms in total. The van der Waals surface area contributed by atoms with Crippen LogP contribution in [0.15, 0.2) is 18.2 Å². The molecule has 1 atom stereocenters. The average Bonchev–Trinajstić information content (AvgIpc) is 2.24. The summed E-state index contributed by atoms with van der Waals surface area (Å²) in [4.78, 5) is 11.1. The highest BCUT2D eigenvalue weighted by atomic mass is 16.1. The standard InChI is InChI=1S/C14H22N2O/c1-4-7-16-13(9-14(15)17)12-6-5-10(2)8-11(12)3/h5-6,8,13,16H,4,7,9H2,1-3H3,(H2,15,17). The molecule has 0 aliphatic carbocycles. The monoisotopic (exact) mass is 234 g/mol. The normalized spacial score (nSPS) is 12.4. The van der Waals surface area contributed by atoms with Gasteiger partial charge in [0.1, 0.15) is 0 Å². The maximum absolute atomic E-state index is 11.1. The van der Waals surface area contributed by atoms with Crippen LogP contribution in [-0.4, -0.2) is 12.5 Å². The molecule has 0 bridgehead atoms. The number of carbonyl (C=O) groups excluding carboxylic acids is 1. The quantitative estimate of drug-likeness (QED) is 0.793. The average molecular weight is 234 g/mol. The third-order valence-corrected chi connectivity index (χ3v) is 2.85. The number of nitrogens with one attached hydrogen (secondary N) is 1. The van der Waals surface area contributed by atoms with Crippen molar-refractivity contribution in [2.75, 3.05) is 6.54 Å². The van der Waals surface area contributed by atoms with Crippen molar-refractivity contribution in [3.05, 3.63) is 34.9 Å². The van der Waals surface area contributed by atoms with Crippen molar-refractivity contribution in [3.8, 4) is 0 Å². The number of aryl methyl sites for hydroxylation is 2. The molecule has 3 heteroatoms. The summed E-state index contributed by atoms with van der Waals surface area (Å²) in [5, 5.41) is 3.38. The van der Waals surface area contributed by atoms with Gasteiger partial charge < -0.3 is 11.1 Å². The van der Waals surface area contributed by atoms with Crippen molar-refractivity contribution >= 4 is 5.91 Å². The van der Waals surface area contributed by atoms with Crippen LogP contribution in [-0.2, 0) is 4.79 Å². The Labute approximate surface area is 103 Å². The minimum atomic E-state index is -0.265. The van der Waals surface area contributed by atoms with Crippen LogP contribution >= 0.6 is 0 Å². The van der Waals surface area contributed by atoms with Crippen molar-refractivity contribution in [1.82, 2.24) is 5.32 Å². The van der Waals surface area contributed by atoms with Crippen molar-refractivity contribution < 1.29 is 4.79 Å². The Kier molecular flexibility index (Phi) is 5.16. The lowest BCUT2D eigenvalue weighted by atomic mass is 9.97. The van der Waals surface area contributed by atoms with Crippen molar-refractivity contribution in [1.29, 1.82) is 0 Å². The van der Waals surface area contributed by atoms with Gasteiger partial charge in [0.25, 0.3) is 0 Å². The Morgan fingerprint density at radius 2 is 2.12 bits per heavy atom. The SMILES string of the molecule is CCCNC(CC(N)=O)c1ccc(C)cc1C. The fourth-order valence-electron chi connectivity index (χ4n) is 2.03. The lowest BCUT2D eigenvalue weighted by Crippen LogP contribution is -2.27. The summed E-state index contributed by atoms with van der Waals surface area (Å²) in [7, 11) is 0. The van der Waals surface area contributed by atoms with Gasteiger partial charge in [-0.1, -0.05) is 30.7 Å². The zero-order valence-electron chi connectivity index (χ0n) is 10.9.